The van der Waals surface area contributed by atoms with Crippen LogP contribution >= 0.6 is 15.9 Å². The zero-order valence-electron chi connectivity index (χ0n) is 8.44. The summed E-state index contributed by atoms with van der Waals surface area (Å²) in [5.41, 5.74) is 1.09. The predicted octanol–water partition coefficient (Wildman–Crippen LogP) is 2.67. The summed E-state index contributed by atoms with van der Waals surface area (Å²) in [5, 5.41) is 0.917. The molecule has 0 saturated heterocycles. The third kappa shape index (κ3) is 3.83. The minimum atomic E-state index is -0.411. The molecule has 0 atom stereocenters. The Balaban J connectivity index is 2.78. The van der Waals surface area contributed by atoms with Gasteiger partial charge in [0.15, 0.2) is 0 Å². The van der Waals surface area contributed by atoms with Crippen LogP contribution < -0.4 is 0 Å². The smallest absolute Gasteiger partial charge is 0.356 e. The van der Waals surface area contributed by atoms with Crippen molar-refractivity contribution in [3.05, 3.63) is 35.7 Å². The first-order valence-electron chi connectivity index (χ1n) is 4.56. The molecule has 0 bridgehead atoms. The fourth-order valence-corrected chi connectivity index (χ4v) is 1.29. The first-order chi connectivity index (χ1) is 7.27. The van der Waals surface area contributed by atoms with E-state index in [1.807, 2.05) is 18.2 Å². The Bertz CT molecular complexity index is 363. The number of nitrogens with zero attached hydrogens (tertiary/aromatic N) is 1. The van der Waals surface area contributed by atoms with Crippen LogP contribution in [0.5, 0.6) is 0 Å². The van der Waals surface area contributed by atoms with Crippen molar-refractivity contribution in [2.24, 2.45) is 0 Å². The summed E-state index contributed by atoms with van der Waals surface area (Å²) in [4.78, 5) is 15.3. The van der Waals surface area contributed by atoms with E-state index >= 15 is 0 Å². The Morgan fingerprint density at radius 3 is 3.07 bits per heavy atom. The first kappa shape index (κ1) is 11.9. The molecule has 15 heavy (non-hydrogen) atoms. The number of aromatic nitrogens is 1. The van der Waals surface area contributed by atoms with Gasteiger partial charge in [0, 0.05) is 5.33 Å². The summed E-state index contributed by atoms with van der Waals surface area (Å²) < 4.78 is 4.58. The monoisotopic (exact) mass is 269 g/mol. The second-order valence-corrected chi connectivity index (χ2v) is 3.61. The number of ether oxygens (including phenoxy) is 1. The highest BCUT2D eigenvalue weighted by Gasteiger charge is 2.05. The molecule has 0 saturated carbocycles. The Kier molecular flexibility index (Phi) is 5.04. The molecule has 0 N–H and O–H groups in total. The van der Waals surface area contributed by atoms with E-state index < -0.39 is 5.97 Å². The van der Waals surface area contributed by atoms with Crippen LogP contribution in [0.4, 0.5) is 0 Å². The molecule has 1 rings (SSSR count). The van der Waals surface area contributed by atoms with E-state index in [4.69, 9.17) is 0 Å². The molecule has 0 spiro atoms. The van der Waals surface area contributed by atoms with Crippen molar-refractivity contribution in [2.75, 3.05) is 12.4 Å². The summed E-state index contributed by atoms with van der Waals surface area (Å²) in [6.45, 7) is 0. The standard InChI is InChI=1S/C11H12BrNO2/c1-15-11(14)10-7-4-6-9(13-10)5-2-3-8-12/h2,4-7H,3,8H2,1H3. The van der Waals surface area contributed by atoms with E-state index in [0.29, 0.717) is 5.69 Å². The van der Waals surface area contributed by atoms with Crippen molar-refractivity contribution in [3.63, 3.8) is 0 Å². The molecule has 0 aliphatic carbocycles. The lowest BCUT2D eigenvalue weighted by atomic mass is 10.2. The number of hydrogen-bond acceptors (Lipinski definition) is 3. The predicted molar refractivity (Wildman–Crippen MR) is 63.0 cm³/mol. The number of rotatable bonds is 4. The zero-order valence-corrected chi connectivity index (χ0v) is 10.0. The fourth-order valence-electron chi connectivity index (χ4n) is 1.03. The molecule has 3 nitrogen and oxygen atoms in total. The van der Waals surface area contributed by atoms with Crippen LogP contribution in [0.1, 0.15) is 22.6 Å². The van der Waals surface area contributed by atoms with Crippen molar-refractivity contribution in [1.82, 2.24) is 4.98 Å². The molecule has 0 radical (unpaired) electrons. The molecule has 0 aliphatic rings. The minimum absolute atomic E-state index is 0.332. The summed E-state index contributed by atoms with van der Waals surface area (Å²) in [7, 11) is 1.34. The molecule has 80 valence electrons. The van der Waals surface area contributed by atoms with Gasteiger partial charge in [-0.25, -0.2) is 9.78 Å². The van der Waals surface area contributed by atoms with Crippen molar-refractivity contribution in [3.8, 4) is 0 Å². The average Bonchev–Trinajstić information content (AvgIpc) is 2.29. The topological polar surface area (TPSA) is 39.2 Å². The van der Waals surface area contributed by atoms with Crippen LogP contribution in [0.2, 0.25) is 0 Å². The van der Waals surface area contributed by atoms with E-state index in [2.05, 4.69) is 25.7 Å². The number of carbonyl (C=O) groups is 1. The fraction of sp³-hybridized carbons (Fsp3) is 0.273. The Labute approximate surface area is 97.3 Å². The van der Waals surface area contributed by atoms with Gasteiger partial charge in [-0.3, -0.25) is 0 Å². The molecule has 0 amide bonds. The molecule has 4 heteroatoms. The van der Waals surface area contributed by atoms with Crippen molar-refractivity contribution >= 4 is 28.0 Å². The van der Waals surface area contributed by atoms with Crippen LogP contribution in [0.15, 0.2) is 24.3 Å². The van der Waals surface area contributed by atoms with E-state index in [1.54, 1.807) is 12.1 Å². The summed E-state index contributed by atoms with van der Waals surface area (Å²) in [6, 6.07) is 5.26. The van der Waals surface area contributed by atoms with Gasteiger partial charge in [0.2, 0.25) is 0 Å². The molecular formula is C11H12BrNO2. The summed E-state index contributed by atoms with van der Waals surface area (Å²) >= 11 is 3.33. The van der Waals surface area contributed by atoms with Crippen LogP contribution in [-0.2, 0) is 4.74 Å². The number of allylic oxidation sites excluding steroid dienone is 1. The number of halogens is 1. The average molecular weight is 270 g/mol. The van der Waals surface area contributed by atoms with Crippen LogP contribution in [-0.4, -0.2) is 23.4 Å². The molecule has 1 aromatic rings. The maximum absolute atomic E-state index is 11.2. The Morgan fingerprint density at radius 1 is 1.60 bits per heavy atom. The lowest BCUT2D eigenvalue weighted by molar-refractivity contribution is 0.0594. The minimum Gasteiger partial charge on any atom is -0.464 e. The lowest BCUT2D eigenvalue weighted by Gasteiger charge is -1.98. The Hall–Kier alpha value is -1.16. The third-order valence-electron chi connectivity index (χ3n) is 1.73. The van der Waals surface area contributed by atoms with E-state index in [1.165, 1.54) is 7.11 Å². The lowest BCUT2D eigenvalue weighted by Crippen LogP contribution is -2.04. The van der Waals surface area contributed by atoms with Crippen molar-refractivity contribution < 1.29 is 9.53 Å². The molecular weight excluding hydrogens is 258 g/mol. The molecule has 0 fully saturated rings. The van der Waals surface area contributed by atoms with Gasteiger partial charge in [-0.1, -0.05) is 28.1 Å². The van der Waals surface area contributed by atoms with Gasteiger partial charge in [-0.2, -0.15) is 0 Å². The maximum Gasteiger partial charge on any atom is 0.356 e. The van der Waals surface area contributed by atoms with Crippen molar-refractivity contribution in [1.29, 1.82) is 0 Å². The second-order valence-electron chi connectivity index (χ2n) is 2.82. The highest BCUT2D eigenvalue weighted by Crippen LogP contribution is 2.04. The van der Waals surface area contributed by atoms with Gasteiger partial charge in [0.25, 0.3) is 0 Å². The number of hydrogen-bond donors (Lipinski definition) is 0. The molecule has 0 unspecified atom stereocenters. The molecule has 1 aromatic heterocycles. The highest BCUT2D eigenvalue weighted by atomic mass is 79.9. The normalized spacial score (nSPS) is 10.5. The second kappa shape index (κ2) is 6.35. The van der Waals surface area contributed by atoms with Gasteiger partial charge < -0.3 is 4.74 Å². The molecule has 0 aliphatic heterocycles. The molecule has 0 aromatic carbocycles. The van der Waals surface area contributed by atoms with E-state index in [-0.39, 0.29) is 0 Å². The molecule has 1 heterocycles. The van der Waals surface area contributed by atoms with Crippen LogP contribution in [0.3, 0.4) is 0 Å². The number of methoxy groups -OCH3 is 1. The number of carbonyl (C=O) groups excluding carboxylic acids is 1. The first-order valence-corrected chi connectivity index (χ1v) is 5.68. The van der Waals surface area contributed by atoms with Gasteiger partial charge >= 0.3 is 5.97 Å². The van der Waals surface area contributed by atoms with Crippen LogP contribution in [0, 0.1) is 0 Å². The van der Waals surface area contributed by atoms with Gasteiger partial charge in [0.05, 0.1) is 12.8 Å². The quantitative estimate of drug-likeness (QED) is 0.623. The highest BCUT2D eigenvalue weighted by molar-refractivity contribution is 9.09. The van der Waals surface area contributed by atoms with Gasteiger partial charge in [0.1, 0.15) is 5.69 Å². The zero-order chi connectivity index (χ0) is 11.1. The Morgan fingerprint density at radius 2 is 2.40 bits per heavy atom. The van der Waals surface area contributed by atoms with Crippen molar-refractivity contribution in [2.45, 2.75) is 6.42 Å². The summed E-state index contributed by atoms with van der Waals surface area (Å²) in [6.07, 6.45) is 4.82. The van der Waals surface area contributed by atoms with Crippen LogP contribution in [0.25, 0.3) is 6.08 Å². The number of pyridine rings is 1. The SMILES string of the molecule is COC(=O)c1cccc(C=CCCBr)n1. The van der Waals surface area contributed by atoms with Gasteiger partial charge in [-0.05, 0) is 24.6 Å². The van der Waals surface area contributed by atoms with Gasteiger partial charge in [-0.15, -0.1) is 0 Å². The maximum atomic E-state index is 11.2. The summed E-state index contributed by atoms with van der Waals surface area (Å²) in [5.74, 6) is -0.411. The van der Waals surface area contributed by atoms with E-state index in [9.17, 15) is 4.79 Å². The largest absolute Gasteiger partial charge is 0.464 e. The number of esters is 1. The van der Waals surface area contributed by atoms with E-state index in [0.717, 1.165) is 17.4 Å². The number of alkyl halides is 1. The third-order valence-corrected chi connectivity index (χ3v) is 2.19.